The summed E-state index contributed by atoms with van der Waals surface area (Å²) in [4.78, 5) is 11.8. The first-order valence-corrected chi connectivity index (χ1v) is 8.34. The van der Waals surface area contributed by atoms with Crippen LogP contribution < -0.4 is 9.62 Å². The largest absolute Gasteiger partial charge is 0.355 e. The Balaban J connectivity index is 2.47. The predicted molar refractivity (Wildman–Crippen MR) is 86.5 cm³/mol. The maximum Gasteiger partial charge on any atom is 0.264 e. The van der Waals surface area contributed by atoms with Crippen LogP contribution in [0.25, 0.3) is 0 Å². The van der Waals surface area contributed by atoms with Gasteiger partial charge in [-0.15, -0.1) is 0 Å². The lowest BCUT2D eigenvalue weighted by Gasteiger charge is -2.23. The maximum absolute atomic E-state index is 12.8. The van der Waals surface area contributed by atoms with Crippen molar-refractivity contribution in [3.8, 4) is 0 Å². The van der Waals surface area contributed by atoms with Crippen molar-refractivity contribution in [3.05, 3.63) is 60.2 Å². The zero-order valence-corrected chi connectivity index (χ0v) is 13.3. The number of rotatable bonds is 5. The van der Waals surface area contributed by atoms with Crippen molar-refractivity contribution >= 4 is 21.6 Å². The van der Waals surface area contributed by atoms with Crippen LogP contribution in [0.4, 0.5) is 5.69 Å². The molecule has 0 spiro atoms. The highest BCUT2D eigenvalue weighted by molar-refractivity contribution is 7.92. The van der Waals surface area contributed by atoms with Gasteiger partial charge in [0, 0.05) is 19.2 Å². The molecule has 0 unspecified atom stereocenters. The highest BCUT2D eigenvalue weighted by Crippen LogP contribution is 2.23. The number of amides is 1. The van der Waals surface area contributed by atoms with Crippen molar-refractivity contribution in [2.24, 2.45) is 0 Å². The minimum Gasteiger partial charge on any atom is -0.355 e. The molecule has 0 radical (unpaired) electrons. The molecular weight excluding hydrogens is 300 g/mol. The first-order valence-electron chi connectivity index (χ1n) is 6.90. The van der Waals surface area contributed by atoms with Gasteiger partial charge in [-0.2, -0.15) is 0 Å². The van der Waals surface area contributed by atoms with Crippen LogP contribution in [0, 0.1) is 0 Å². The highest BCUT2D eigenvalue weighted by atomic mass is 32.2. The molecule has 0 aliphatic rings. The highest BCUT2D eigenvalue weighted by Gasteiger charge is 2.24. The van der Waals surface area contributed by atoms with Gasteiger partial charge in [0.25, 0.3) is 15.9 Å². The van der Waals surface area contributed by atoms with Crippen molar-refractivity contribution in [1.82, 2.24) is 5.32 Å². The van der Waals surface area contributed by atoms with Crippen LogP contribution >= 0.6 is 0 Å². The summed E-state index contributed by atoms with van der Waals surface area (Å²) in [6.45, 7) is 2.07. The molecule has 5 nitrogen and oxygen atoms in total. The predicted octanol–water partition coefficient (Wildman–Crippen LogP) is 2.26. The van der Waals surface area contributed by atoms with Crippen molar-refractivity contribution < 1.29 is 13.2 Å². The molecule has 0 atom stereocenters. The molecule has 1 amide bonds. The number of para-hydroxylation sites is 1. The molecule has 0 aliphatic carbocycles. The molecule has 116 valence electrons. The van der Waals surface area contributed by atoms with Crippen LogP contribution in [0.2, 0.25) is 0 Å². The third-order valence-electron chi connectivity index (χ3n) is 3.24. The SMILES string of the molecule is CCN(c1ccccc1)S(=O)(=O)c1cccc(C(=O)NC)c1. The Morgan fingerprint density at radius 1 is 1.09 bits per heavy atom. The van der Waals surface area contributed by atoms with E-state index in [1.54, 1.807) is 43.3 Å². The van der Waals surface area contributed by atoms with Gasteiger partial charge in [-0.3, -0.25) is 9.10 Å². The molecule has 0 aromatic heterocycles. The lowest BCUT2D eigenvalue weighted by Crippen LogP contribution is -2.31. The normalized spacial score (nSPS) is 11.0. The van der Waals surface area contributed by atoms with Crippen LogP contribution in [-0.2, 0) is 10.0 Å². The van der Waals surface area contributed by atoms with Gasteiger partial charge in [0.1, 0.15) is 0 Å². The van der Waals surface area contributed by atoms with Crippen molar-refractivity contribution in [2.75, 3.05) is 17.9 Å². The van der Waals surface area contributed by atoms with Crippen LogP contribution in [0.15, 0.2) is 59.5 Å². The summed E-state index contributed by atoms with van der Waals surface area (Å²) >= 11 is 0. The summed E-state index contributed by atoms with van der Waals surface area (Å²) in [5.41, 5.74) is 0.906. The Hall–Kier alpha value is -2.34. The molecule has 2 aromatic rings. The van der Waals surface area contributed by atoms with Gasteiger partial charge >= 0.3 is 0 Å². The number of sulfonamides is 1. The molecule has 0 bridgehead atoms. The topological polar surface area (TPSA) is 66.5 Å². The Kier molecular flexibility index (Phi) is 4.82. The van der Waals surface area contributed by atoms with Crippen LogP contribution in [-0.4, -0.2) is 27.9 Å². The molecule has 0 fully saturated rings. The quantitative estimate of drug-likeness (QED) is 0.919. The lowest BCUT2D eigenvalue weighted by molar-refractivity contribution is 0.0963. The van der Waals surface area contributed by atoms with Crippen LogP contribution in [0.1, 0.15) is 17.3 Å². The molecular formula is C16H18N2O3S. The smallest absolute Gasteiger partial charge is 0.264 e. The van der Waals surface area contributed by atoms with Gasteiger partial charge in [-0.25, -0.2) is 8.42 Å². The fourth-order valence-corrected chi connectivity index (χ4v) is 3.68. The average molecular weight is 318 g/mol. The third kappa shape index (κ3) is 3.12. The van der Waals surface area contributed by atoms with Crippen molar-refractivity contribution in [2.45, 2.75) is 11.8 Å². The van der Waals surface area contributed by atoms with Crippen molar-refractivity contribution in [3.63, 3.8) is 0 Å². The zero-order chi connectivity index (χ0) is 16.2. The van der Waals surface area contributed by atoms with Gasteiger partial charge < -0.3 is 5.32 Å². The summed E-state index contributed by atoms with van der Waals surface area (Å²) in [7, 11) is -2.21. The molecule has 6 heteroatoms. The number of nitrogens with one attached hydrogen (secondary N) is 1. The summed E-state index contributed by atoms with van der Waals surface area (Å²) in [6.07, 6.45) is 0. The third-order valence-corrected chi connectivity index (χ3v) is 5.14. The number of carbonyl (C=O) groups excluding carboxylic acids is 1. The first-order chi connectivity index (χ1) is 10.5. The van der Waals surface area contributed by atoms with Crippen molar-refractivity contribution in [1.29, 1.82) is 0 Å². The van der Waals surface area contributed by atoms with Gasteiger partial charge in [0.15, 0.2) is 0 Å². The van der Waals surface area contributed by atoms with E-state index >= 15 is 0 Å². The van der Waals surface area contributed by atoms with Gasteiger partial charge in [0.05, 0.1) is 10.6 Å². The maximum atomic E-state index is 12.8. The molecule has 22 heavy (non-hydrogen) atoms. The van der Waals surface area contributed by atoms with Gasteiger partial charge in [-0.1, -0.05) is 24.3 Å². The summed E-state index contributed by atoms with van der Waals surface area (Å²) in [5, 5.41) is 2.49. The van der Waals surface area contributed by atoms with E-state index in [0.29, 0.717) is 17.8 Å². The molecule has 0 aliphatic heterocycles. The Labute approximate surface area is 130 Å². The molecule has 2 rings (SSSR count). The number of benzene rings is 2. The Bertz CT molecular complexity index is 758. The average Bonchev–Trinajstić information content (AvgIpc) is 2.55. The number of hydrogen-bond acceptors (Lipinski definition) is 3. The number of nitrogens with zero attached hydrogens (tertiary/aromatic N) is 1. The number of anilines is 1. The minimum atomic E-state index is -3.72. The van der Waals surface area contributed by atoms with E-state index in [1.165, 1.54) is 23.5 Å². The fraction of sp³-hybridized carbons (Fsp3) is 0.188. The molecule has 0 saturated carbocycles. The second kappa shape index (κ2) is 6.62. The monoisotopic (exact) mass is 318 g/mol. The van der Waals surface area contributed by atoms with E-state index in [-0.39, 0.29) is 10.8 Å². The number of hydrogen-bond donors (Lipinski definition) is 1. The first kappa shape index (κ1) is 16.0. The molecule has 1 N–H and O–H groups in total. The standard InChI is InChI=1S/C16H18N2O3S/c1-3-18(14-9-5-4-6-10-14)22(20,21)15-11-7-8-13(12-15)16(19)17-2/h4-12H,3H2,1-2H3,(H,17,19). The van der Waals surface area contributed by atoms with E-state index in [1.807, 2.05) is 6.07 Å². The summed E-state index contributed by atoms with van der Waals surface area (Å²) in [5.74, 6) is -0.320. The van der Waals surface area contributed by atoms with Crippen LogP contribution in [0.3, 0.4) is 0 Å². The van der Waals surface area contributed by atoms with E-state index < -0.39 is 10.0 Å². The lowest BCUT2D eigenvalue weighted by atomic mass is 10.2. The molecule has 0 heterocycles. The minimum absolute atomic E-state index is 0.0966. The van der Waals surface area contributed by atoms with Gasteiger partial charge in [-0.05, 0) is 37.3 Å². The second-order valence-corrected chi connectivity index (χ2v) is 6.47. The van der Waals surface area contributed by atoms with E-state index in [2.05, 4.69) is 5.32 Å². The zero-order valence-electron chi connectivity index (χ0n) is 12.5. The molecule has 2 aromatic carbocycles. The fourth-order valence-electron chi connectivity index (χ4n) is 2.15. The summed E-state index contributed by atoms with van der Waals surface area (Å²) in [6, 6.07) is 14.9. The Morgan fingerprint density at radius 3 is 2.36 bits per heavy atom. The van der Waals surface area contributed by atoms with Crippen LogP contribution in [0.5, 0.6) is 0 Å². The van der Waals surface area contributed by atoms with E-state index in [4.69, 9.17) is 0 Å². The second-order valence-electron chi connectivity index (χ2n) is 4.61. The molecule has 0 saturated heterocycles. The van der Waals surface area contributed by atoms with E-state index in [9.17, 15) is 13.2 Å². The Morgan fingerprint density at radius 2 is 1.77 bits per heavy atom. The van der Waals surface area contributed by atoms with Gasteiger partial charge in [0.2, 0.25) is 0 Å². The van der Waals surface area contributed by atoms with E-state index in [0.717, 1.165) is 0 Å². The summed E-state index contributed by atoms with van der Waals surface area (Å²) < 4.78 is 27.0. The number of carbonyl (C=O) groups is 1.